The number of nitrogens with zero attached hydrogens (tertiary/aromatic N) is 3. The van der Waals surface area contributed by atoms with Gasteiger partial charge in [-0.1, -0.05) is 12.1 Å². The first-order valence-electron chi connectivity index (χ1n) is 11.7. The summed E-state index contributed by atoms with van der Waals surface area (Å²) in [5, 5.41) is 9.78. The Morgan fingerprint density at radius 1 is 1.23 bits per heavy atom. The second-order valence-corrected chi connectivity index (χ2v) is 8.87. The monoisotopic (exact) mass is 491 g/mol. The Balaban J connectivity index is 1.41. The first-order chi connectivity index (χ1) is 16.7. The number of amides is 1. The summed E-state index contributed by atoms with van der Waals surface area (Å²) in [6.07, 6.45) is 3.35. The highest BCUT2D eigenvalue weighted by Crippen LogP contribution is 2.38. The Bertz CT molecular complexity index is 1060. The van der Waals surface area contributed by atoms with Gasteiger partial charge in [0.05, 0.1) is 18.5 Å². The van der Waals surface area contributed by atoms with Gasteiger partial charge in [-0.05, 0) is 68.2 Å². The predicted octanol–water partition coefficient (Wildman–Crippen LogP) is 5.58. The van der Waals surface area contributed by atoms with Gasteiger partial charge in [0.25, 0.3) is 5.91 Å². The Hall–Kier alpha value is -3.30. The van der Waals surface area contributed by atoms with Gasteiger partial charge in [0, 0.05) is 12.1 Å². The van der Waals surface area contributed by atoms with Crippen LogP contribution in [0.4, 0.5) is 18.9 Å². The van der Waals surface area contributed by atoms with Crippen LogP contribution < -0.4 is 14.4 Å². The number of carbonyl (C=O) groups excluding carboxylic acids is 1. The molecular weight excluding hydrogens is 463 g/mol. The maximum absolute atomic E-state index is 13.1. The lowest BCUT2D eigenvalue weighted by Crippen LogP contribution is -2.32. The summed E-state index contributed by atoms with van der Waals surface area (Å²) in [6, 6.07) is 7.37. The molecule has 1 saturated carbocycles. The summed E-state index contributed by atoms with van der Waals surface area (Å²) in [5.41, 5.74) is 1.98. The van der Waals surface area contributed by atoms with Crippen LogP contribution in [0.25, 0.3) is 0 Å². The number of hydrogen-bond acceptors (Lipinski definition) is 6. The third-order valence-electron chi connectivity index (χ3n) is 6.48. The first kappa shape index (κ1) is 24.8. The second kappa shape index (κ2) is 10.5. The van der Waals surface area contributed by atoms with Gasteiger partial charge in [0.1, 0.15) is 12.2 Å². The van der Waals surface area contributed by atoms with Crippen LogP contribution in [-0.4, -0.2) is 46.9 Å². The minimum Gasteiger partial charge on any atom is -0.513 e. The van der Waals surface area contributed by atoms with Gasteiger partial charge in [0.15, 0.2) is 6.61 Å². The molecule has 188 valence electrons. The smallest absolute Gasteiger partial charge is 0.422 e. The van der Waals surface area contributed by atoms with E-state index < -0.39 is 24.7 Å². The fraction of sp³-hybridized carbons (Fsp3) is 0.480. The number of halogens is 3. The number of aliphatic hydroxyl groups is 1. The number of rotatable bonds is 6. The lowest BCUT2D eigenvalue weighted by Gasteiger charge is -2.29. The molecule has 4 rings (SSSR count). The zero-order valence-electron chi connectivity index (χ0n) is 19.4. The number of hydrogen-bond donors (Lipinski definition) is 1. The topological polar surface area (TPSA) is 84.8 Å². The molecule has 1 amide bonds. The highest BCUT2D eigenvalue weighted by molar-refractivity contribution is 6.07. The Morgan fingerprint density at radius 3 is 2.60 bits per heavy atom. The van der Waals surface area contributed by atoms with E-state index in [1.54, 1.807) is 11.0 Å². The van der Waals surface area contributed by atoms with Gasteiger partial charge in [-0.2, -0.15) is 18.2 Å². The molecule has 1 aromatic carbocycles. The van der Waals surface area contributed by atoms with Crippen molar-refractivity contribution in [1.29, 1.82) is 0 Å². The molecule has 2 aliphatic rings. The van der Waals surface area contributed by atoms with Crippen molar-refractivity contribution >= 4 is 11.6 Å². The van der Waals surface area contributed by atoms with Crippen molar-refractivity contribution in [1.82, 2.24) is 9.97 Å². The fourth-order valence-electron chi connectivity index (χ4n) is 4.59. The van der Waals surface area contributed by atoms with Gasteiger partial charge in [-0.15, -0.1) is 0 Å². The molecule has 0 radical (unpaired) electrons. The van der Waals surface area contributed by atoms with E-state index in [9.17, 15) is 23.1 Å². The summed E-state index contributed by atoms with van der Waals surface area (Å²) in [6.45, 7) is 0.698. The van der Waals surface area contributed by atoms with Crippen LogP contribution in [0.15, 0.2) is 42.3 Å². The lowest BCUT2D eigenvalue weighted by atomic mass is 9.77. The largest absolute Gasteiger partial charge is 0.513 e. The number of anilines is 1. The van der Waals surface area contributed by atoms with E-state index in [0.717, 1.165) is 38.3 Å². The maximum Gasteiger partial charge on any atom is 0.422 e. The summed E-state index contributed by atoms with van der Waals surface area (Å²) in [7, 11) is 0. The number of aliphatic hydroxyl groups excluding tert-OH is 1. The molecule has 7 nitrogen and oxygen atoms in total. The van der Waals surface area contributed by atoms with Crippen molar-refractivity contribution in [2.45, 2.75) is 51.1 Å². The van der Waals surface area contributed by atoms with E-state index in [-0.39, 0.29) is 24.6 Å². The molecule has 35 heavy (non-hydrogen) atoms. The molecule has 1 fully saturated rings. The minimum absolute atomic E-state index is 0.0636. The van der Waals surface area contributed by atoms with Crippen molar-refractivity contribution in [2.75, 3.05) is 24.7 Å². The fourth-order valence-corrected chi connectivity index (χ4v) is 4.59. The molecule has 0 spiro atoms. The molecule has 0 saturated heterocycles. The van der Waals surface area contributed by atoms with Gasteiger partial charge < -0.3 is 19.5 Å². The Labute approximate surface area is 201 Å². The first-order valence-corrected chi connectivity index (χ1v) is 11.7. The molecule has 1 N–H and O–H groups in total. The van der Waals surface area contributed by atoms with Crippen LogP contribution in [-0.2, 0) is 0 Å². The second-order valence-electron chi connectivity index (χ2n) is 8.87. The average Bonchev–Trinajstić information content (AvgIpc) is 3.01. The summed E-state index contributed by atoms with van der Waals surface area (Å²) < 4.78 is 47.2. The summed E-state index contributed by atoms with van der Waals surface area (Å²) >= 11 is 0. The Morgan fingerprint density at radius 2 is 1.94 bits per heavy atom. The molecular formula is C25H28F3N3O4. The number of fused-ring (bicyclic) bond motifs is 1. The van der Waals surface area contributed by atoms with Crippen molar-refractivity contribution in [3.8, 4) is 11.9 Å². The molecule has 1 aliphatic carbocycles. The van der Waals surface area contributed by atoms with Gasteiger partial charge in [-0.25, -0.2) is 4.98 Å². The van der Waals surface area contributed by atoms with Crippen molar-refractivity contribution in [2.24, 2.45) is 5.92 Å². The third-order valence-corrected chi connectivity index (χ3v) is 6.48. The van der Waals surface area contributed by atoms with Crippen LogP contribution in [0.1, 0.15) is 60.9 Å². The average molecular weight is 492 g/mol. The molecule has 1 aromatic heterocycles. The third kappa shape index (κ3) is 6.23. The zero-order chi connectivity index (χ0) is 25.0. The number of allylic oxidation sites excluding steroid dienone is 2. The standard InChI is InChI=1S/C25H28F3N3O4/c1-2-20(32)13-16-3-5-17(6-4-16)18-7-9-19(10-8-18)31-11-12-34-22-21(23(31)33)14-29-24(30-22)35-15-25(26,27)28/h2,7-10,14,16-17,32H,3-6,11-13,15H2,1H3/t16-,17-. The molecule has 0 atom stereocenters. The summed E-state index contributed by atoms with van der Waals surface area (Å²) in [4.78, 5) is 22.2. The van der Waals surface area contributed by atoms with E-state index in [2.05, 4.69) is 14.7 Å². The number of ether oxygens (including phenoxy) is 2. The minimum atomic E-state index is -4.52. The number of benzene rings is 1. The van der Waals surface area contributed by atoms with Crippen LogP contribution in [0.3, 0.4) is 0 Å². The molecule has 0 bridgehead atoms. The van der Waals surface area contributed by atoms with E-state index in [1.165, 1.54) is 5.56 Å². The van der Waals surface area contributed by atoms with E-state index in [1.807, 2.05) is 31.2 Å². The predicted molar refractivity (Wildman–Crippen MR) is 123 cm³/mol. The van der Waals surface area contributed by atoms with Crippen LogP contribution in [0.2, 0.25) is 0 Å². The van der Waals surface area contributed by atoms with Crippen LogP contribution in [0.5, 0.6) is 11.9 Å². The van der Waals surface area contributed by atoms with Gasteiger partial charge in [0.2, 0.25) is 5.88 Å². The molecule has 0 unspecified atom stereocenters. The van der Waals surface area contributed by atoms with Crippen molar-refractivity contribution < 1.29 is 32.5 Å². The molecule has 2 aromatic rings. The van der Waals surface area contributed by atoms with Gasteiger partial charge >= 0.3 is 12.2 Å². The quantitative estimate of drug-likeness (QED) is 0.531. The maximum atomic E-state index is 13.1. The Kier molecular flexibility index (Phi) is 7.47. The SMILES string of the molecule is CC=C(O)C[C@H]1CC[C@H](c2ccc(N3CCOc4nc(OCC(F)(F)F)ncc4C3=O)cc2)CC1. The van der Waals surface area contributed by atoms with Crippen molar-refractivity contribution in [3.05, 3.63) is 53.4 Å². The van der Waals surface area contributed by atoms with Crippen molar-refractivity contribution in [3.63, 3.8) is 0 Å². The number of carbonyl (C=O) groups is 1. The van der Waals surface area contributed by atoms with E-state index in [4.69, 9.17) is 4.74 Å². The van der Waals surface area contributed by atoms with E-state index in [0.29, 0.717) is 23.3 Å². The summed E-state index contributed by atoms with van der Waals surface area (Å²) in [5.74, 6) is 0.929. The molecule has 10 heteroatoms. The lowest BCUT2D eigenvalue weighted by molar-refractivity contribution is -0.154. The number of aromatic nitrogens is 2. The highest BCUT2D eigenvalue weighted by Gasteiger charge is 2.31. The normalized spacial score (nSPS) is 21.2. The van der Waals surface area contributed by atoms with E-state index >= 15 is 0 Å². The zero-order valence-corrected chi connectivity index (χ0v) is 19.4. The molecule has 1 aliphatic heterocycles. The van der Waals surface area contributed by atoms with Gasteiger partial charge in [-0.3, -0.25) is 4.79 Å². The number of alkyl halides is 3. The molecule has 2 heterocycles. The van der Waals surface area contributed by atoms with Crippen LogP contribution >= 0.6 is 0 Å². The van der Waals surface area contributed by atoms with Crippen LogP contribution in [0, 0.1) is 5.92 Å². The highest BCUT2D eigenvalue weighted by atomic mass is 19.4.